The maximum Gasteiger partial charge on any atom is 0.217 e. The molecule has 0 bridgehead atoms. The number of hydrogen-bond acceptors (Lipinski definition) is 30. The van der Waals surface area contributed by atoms with Crippen LogP contribution in [0.25, 0.3) is 0 Å². The molecule has 6 heterocycles. The Hall–Kier alpha value is -2.67. The minimum Gasteiger partial charge on any atom is -0.394 e. The van der Waals surface area contributed by atoms with Gasteiger partial charge in [0.1, 0.15) is 140 Å². The van der Waals surface area contributed by atoms with Crippen LogP contribution in [0.15, 0.2) is 0 Å². The molecule has 6 aliphatic rings. The smallest absolute Gasteiger partial charge is 0.217 e. The lowest BCUT2D eigenvalue weighted by atomic mass is 9.94. The van der Waals surface area contributed by atoms with Crippen molar-refractivity contribution in [3.8, 4) is 0 Å². The summed E-state index contributed by atoms with van der Waals surface area (Å²) < 4.78 is 63.6. The monoisotopic (exact) mass is 1100 g/mol. The first-order valence-corrected chi connectivity index (χ1v) is 23.9. The molecule has 0 aromatic heterocycles. The molecule has 0 radical (unpaired) electrons. The maximum absolute atomic E-state index is 12.6. The van der Waals surface area contributed by atoms with Gasteiger partial charge in [-0.3, -0.25) is 14.4 Å². The molecule has 6 fully saturated rings. The second kappa shape index (κ2) is 26.5. The SMILES string of the molecule is CC(=O)N[C@H]1[C@H](O[C@H]2[C@@H](O)[C@@H](CO)O[C@@H](O[C@H]3[C@@H](O)[C@@H](CO[C@@H]4O[C@H](CO)[C@@H](O)[C@H](O[C@@H]5O[C@@H](C)[C@@H](O)[C@@H](O)[C@@H]5O)[C@H]4NC(C)=O)O[C@@H](O[C@H]4[C@@H](O)[C@@H](CO)OC(O)[C@@H]4NC(C)=O)[C@@H]3O)[C@@H]2O)O[C@H](CO)[C@H](O)[C@@H]1O. The Morgan fingerprint density at radius 1 is 0.373 bits per heavy atom. The minimum absolute atomic E-state index is 0.769. The van der Waals surface area contributed by atoms with Crippen molar-refractivity contribution in [2.75, 3.05) is 33.0 Å². The summed E-state index contributed by atoms with van der Waals surface area (Å²) in [7, 11) is 0. The van der Waals surface area contributed by atoms with Crippen LogP contribution in [0.5, 0.6) is 0 Å². The lowest BCUT2D eigenvalue weighted by molar-refractivity contribution is -0.386. The van der Waals surface area contributed by atoms with Gasteiger partial charge in [0.05, 0.1) is 39.1 Å². The Balaban J connectivity index is 1.32. The fourth-order valence-corrected chi connectivity index (χ4v) is 9.56. The zero-order valence-corrected chi connectivity index (χ0v) is 40.7. The van der Waals surface area contributed by atoms with Crippen LogP contribution in [-0.4, -0.2) is 317 Å². The third-order valence-electron chi connectivity index (χ3n) is 13.6. The molecule has 0 aliphatic carbocycles. The molecule has 0 spiro atoms. The molecule has 6 rings (SSSR count). The van der Waals surface area contributed by atoms with Crippen molar-refractivity contribution in [1.82, 2.24) is 16.0 Å². The first-order valence-electron chi connectivity index (χ1n) is 23.9. The zero-order valence-electron chi connectivity index (χ0n) is 40.7. The molecule has 33 nitrogen and oxygen atoms in total. The molecule has 6 saturated heterocycles. The van der Waals surface area contributed by atoms with E-state index < -0.39 is 235 Å². The van der Waals surface area contributed by atoms with E-state index in [-0.39, 0.29) is 0 Å². The van der Waals surface area contributed by atoms with Crippen LogP contribution in [-0.2, 0) is 66.5 Å². The van der Waals surface area contributed by atoms with Gasteiger partial charge in [0, 0.05) is 20.8 Å². The Morgan fingerprint density at radius 3 is 1.27 bits per heavy atom. The molecular formula is C42H71N3O30. The summed E-state index contributed by atoms with van der Waals surface area (Å²) in [4.78, 5) is 37.1. The fraction of sp³-hybridized carbons (Fsp3) is 0.929. The second-order valence-corrected chi connectivity index (χ2v) is 19.0. The highest BCUT2D eigenvalue weighted by molar-refractivity contribution is 5.74. The van der Waals surface area contributed by atoms with E-state index in [1.54, 1.807) is 0 Å². The number of ether oxygens (including phenoxy) is 11. The van der Waals surface area contributed by atoms with Crippen LogP contribution in [0.1, 0.15) is 27.7 Å². The highest BCUT2D eigenvalue weighted by atomic mass is 16.8. The number of carbonyl (C=O) groups is 3. The second-order valence-electron chi connectivity index (χ2n) is 19.0. The predicted molar refractivity (Wildman–Crippen MR) is 233 cm³/mol. The van der Waals surface area contributed by atoms with Crippen molar-refractivity contribution in [2.45, 2.75) is 212 Å². The van der Waals surface area contributed by atoms with Crippen LogP contribution in [0.4, 0.5) is 0 Å². The van der Waals surface area contributed by atoms with Gasteiger partial charge in [0.25, 0.3) is 0 Å². The van der Waals surface area contributed by atoms with Crippen LogP contribution in [0, 0.1) is 0 Å². The van der Waals surface area contributed by atoms with Gasteiger partial charge < -0.3 is 150 Å². The third kappa shape index (κ3) is 13.7. The largest absolute Gasteiger partial charge is 0.394 e. The topological polar surface area (TPSA) is 513 Å². The summed E-state index contributed by atoms with van der Waals surface area (Å²) in [5.41, 5.74) is 0. The molecule has 6 aliphatic heterocycles. The van der Waals surface area contributed by atoms with E-state index in [0.29, 0.717) is 0 Å². The van der Waals surface area contributed by atoms with Crippen molar-refractivity contribution >= 4 is 17.7 Å². The average molecular weight is 1100 g/mol. The summed E-state index contributed by atoms with van der Waals surface area (Å²) >= 11 is 0. The average Bonchev–Trinajstić information content (AvgIpc) is 3.36. The van der Waals surface area contributed by atoms with Gasteiger partial charge in [-0.2, -0.15) is 0 Å². The first kappa shape index (κ1) is 61.5. The fourth-order valence-electron chi connectivity index (χ4n) is 9.56. The number of hydrogen-bond donors (Lipinski definition) is 19. The summed E-state index contributed by atoms with van der Waals surface area (Å²) in [5.74, 6) is -2.35. The van der Waals surface area contributed by atoms with E-state index in [4.69, 9.17) is 52.1 Å². The van der Waals surface area contributed by atoms with E-state index in [1.165, 1.54) is 6.92 Å². The van der Waals surface area contributed by atoms with Crippen molar-refractivity contribution in [3.05, 3.63) is 0 Å². The Morgan fingerprint density at radius 2 is 0.747 bits per heavy atom. The van der Waals surface area contributed by atoms with Crippen LogP contribution >= 0.6 is 0 Å². The van der Waals surface area contributed by atoms with Crippen molar-refractivity contribution < 1.29 is 148 Å². The highest BCUT2D eigenvalue weighted by Gasteiger charge is 2.57. The van der Waals surface area contributed by atoms with Gasteiger partial charge in [-0.15, -0.1) is 0 Å². The molecule has 0 aromatic carbocycles. The number of aliphatic hydroxyl groups is 16. The molecule has 0 aromatic rings. The van der Waals surface area contributed by atoms with Crippen molar-refractivity contribution in [1.29, 1.82) is 0 Å². The van der Waals surface area contributed by atoms with Gasteiger partial charge in [-0.25, -0.2) is 0 Å². The Bertz CT molecular complexity index is 1850. The summed E-state index contributed by atoms with van der Waals surface area (Å²) in [6.45, 7) is -0.268. The summed E-state index contributed by atoms with van der Waals surface area (Å²) in [6, 6.07) is -4.90. The van der Waals surface area contributed by atoms with Gasteiger partial charge >= 0.3 is 0 Å². The van der Waals surface area contributed by atoms with Gasteiger partial charge in [-0.1, -0.05) is 0 Å². The summed E-state index contributed by atoms with van der Waals surface area (Å²) in [6.07, 6.45) is -50.4. The molecule has 30 atom stereocenters. The quantitative estimate of drug-likeness (QED) is 0.0606. The zero-order chi connectivity index (χ0) is 55.5. The highest BCUT2D eigenvalue weighted by Crippen LogP contribution is 2.36. The molecule has 434 valence electrons. The maximum atomic E-state index is 12.6. The van der Waals surface area contributed by atoms with Gasteiger partial charge in [0.2, 0.25) is 17.7 Å². The number of amides is 3. The Labute approximate surface area is 426 Å². The van der Waals surface area contributed by atoms with E-state index in [0.717, 1.165) is 20.8 Å². The van der Waals surface area contributed by atoms with E-state index in [9.17, 15) is 96.1 Å². The molecule has 0 saturated carbocycles. The van der Waals surface area contributed by atoms with Crippen molar-refractivity contribution in [2.24, 2.45) is 0 Å². The van der Waals surface area contributed by atoms with Crippen LogP contribution < -0.4 is 16.0 Å². The van der Waals surface area contributed by atoms with Crippen LogP contribution in [0.3, 0.4) is 0 Å². The molecular weight excluding hydrogens is 1030 g/mol. The number of rotatable bonds is 18. The first-order chi connectivity index (χ1) is 35.4. The normalized spacial score (nSPS) is 48.6. The predicted octanol–water partition coefficient (Wildman–Crippen LogP) is -12.6. The standard InChI is InChI=1S/C42H71N3O30/c1-10-22(53)29(60)30(61)40(66-10)73-34-21(45-13(4)52)38(68-16(7-48)25(34)56)65-9-18-27(58)36(32(63)42(71-18)72-33-20(44-12(3)51)37(64)67-15(6-47)24(33)55)75-41-31(62)35(26(57)17(8-49)70-41)74-39-19(43-11(2)50)28(59)23(54)14(5-46)69-39/h10,14-42,46-49,53-64H,5-9H2,1-4H3,(H,43,50)(H,44,51)(H,45,52)/t10-,14+,15+,16+,17+,18+,19+,20+,21+,22+,23-,24-,25+,26-,27-,28+,29+,30-,31+,32+,33+,34+,35-,36-,37?,38+,39-,40-,41-,42-/m0/s1. The van der Waals surface area contributed by atoms with Gasteiger partial charge in [-0.05, 0) is 6.92 Å². The van der Waals surface area contributed by atoms with E-state index in [2.05, 4.69) is 16.0 Å². The number of aliphatic hydroxyl groups excluding tert-OH is 16. The Kier molecular flexibility index (Phi) is 21.8. The number of nitrogens with one attached hydrogen (secondary N) is 3. The number of carbonyl (C=O) groups excluding carboxylic acids is 3. The third-order valence-corrected chi connectivity index (χ3v) is 13.6. The molecule has 3 amide bonds. The molecule has 75 heavy (non-hydrogen) atoms. The lowest BCUT2D eigenvalue weighted by Gasteiger charge is -2.50. The van der Waals surface area contributed by atoms with E-state index >= 15 is 0 Å². The van der Waals surface area contributed by atoms with Crippen LogP contribution in [0.2, 0.25) is 0 Å². The van der Waals surface area contributed by atoms with Crippen molar-refractivity contribution in [3.63, 3.8) is 0 Å². The van der Waals surface area contributed by atoms with Gasteiger partial charge in [0.15, 0.2) is 37.7 Å². The molecule has 1 unspecified atom stereocenters. The minimum atomic E-state index is -2.29. The molecule has 19 N–H and O–H groups in total. The molecule has 33 heteroatoms. The lowest BCUT2D eigenvalue weighted by Crippen LogP contribution is -2.70. The summed E-state index contributed by atoms with van der Waals surface area (Å²) in [5, 5.41) is 181. The van der Waals surface area contributed by atoms with E-state index in [1.807, 2.05) is 0 Å².